The van der Waals surface area contributed by atoms with Gasteiger partial charge in [-0.2, -0.15) is 0 Å². The third kappa shape index (κ3) is 3.18. The predicted molar refractivity (Wildman–Crippen MR) is 89.7 cm³/mol. The Bertz CT molecular complexity index is 617. The predicted octanol–water partition coefficient (Wildman–Crippen LogP) is 3.58. The normalized spacial score (nSPS) is 14.9. The summed E-state index contributed by atoms with van der Waals surface area (Å²) in [5.41, 5.74) is 3.56. The molecule has 0 unspecified atom stereocenters. The van der Waals surface area contributed by atoms with Gasteiger partial charge in [-0.1, -0.05) is 18.2 Å². The van der Waals surface area contributed by atoms with Gasteiger partial charge in [0.25, 0.3) is 0 Å². The molecule has 1 N–H and O–H groups in total. The van der Waals surface area contributed by atoms with E-state index in [9.17, 15) is 0 Å². The zero-order chi connectivity index (χ0) is 14.8. The van der Waals surface area contributed by atoms with Crippen molar-refractivity contribution in [2.45, 2.75) is 39.3 Å². The highest BCUT2D eigenvalue weighted by Gasteiger charge is 2.26. The molecule has 0 aliphatic heterocycles. The van der Waals surface area contributed by atoms with Gasteiger partial charge in [0.15, 0.2) is 0 Å². The van der Waals surface area contributed by atoms with E-state index >= 15 is 0 Å². The van der Waals surface area contributed by atoms with Crippen molar-refractivity contribution in [2.24, 2.45) is 5.92 Å². The standard InChI is InChI=1S/C18H25N3/c1-13(2)21(12-14-8-9-14)18-10-15(11-19-3)20-17-7-5-4-6-16(17)18/h4-7,10,13-14,19H,8-9,11-12H2,1-3H3. The van der Waals surface area contributed by atoms with Gasteiger partial charge in [0.2, 0.25) is 0 Å². The summed E-state index contributed by atoms with van der Waals surface area (Å²) in [6, 6.07) is 11.3. The van der Waals surface area contributed by atoms with Crippen LogP contribution >= 0.6 is 0 Å². The Labute approximate surface area is 127 Å². The van der Waals surface area contributed by atoms with Crippen molar-refractivity contribution in [1.29, 1.82) is 0 Å². The minimum Gasteiger partial charge on any atom is -0.368 e. The lowest BCUT2D eigenvalue weighted by atomic mass is 10.1. The second kappa shape index (κ2) is 6.02. The molecule has 1 saturated carbocycles. The molecule has 0 saturated heterocycles. The summed E-state index contributed by atoms with van der Waals surface area (Å²) >= 11 is 0. The van der Waals surface area contributed by atoms with E-state index in [1.54, 1.807) is 0 Å². The Balaban J connectivity index is 2.08. The fraction of sp³-hybridized carbons (Fsp3) is 0.500. The number of rotatable bonds is 6. The van der Waals surface area contributed by atoms with E-state index in [1.165, 1.54) is 30.5 Å². The number of benzene rings is 1. The SMILES string of the molecule is CNCc1cc(N(CC2CC2)C(C)C)c2ccccc2n1. The summed E-state index contributed by atoms with van der Waals surface area (Å²) in [6.07, 6.45) is 2.77. The van der Waals surface area contributed by atoms with Crippen molar-refractivity contribution in [3.05, 3.63) is 36.0 Å². The summed E-state index contributed by atoms with van der Waals surface area (Å²) in [5.74, 6) is 0.882. The largest absolute Gasteiger partial charge is 0.368 e. The van der Waals surface area contributed by atoms with Gasteiger partial charge in [-0.15, -0.1) is 0 Å². The van der Waals surface area contributed by atoms with Crippen LogP contribution in [0.25, 0.3) is 10.9 Å². The van der Waals surface area contributed by atoms with Crippen molar-refractivity contribution in [3.8, 4) is 0 Å². The minimum absolute atomic E-state index is 0.513. The molecule has 0 spiro atoms. The Kier molecular flexibility index (Phi) is 4.11. The fourth-order valence-electron chi connectivity index (χ4n) is 2.89. The Morgan fingerprint density at radius 1 is 1.29 bits per heavy atom. The number of nitrogens with one attached hydrogen (secondary N) is 1. The van der Waals surface area contributed by atoms with Crippen LogP contribution < -0.4 is 10.2 Å². The topological polar surface area (TPSA) is 28.2 Å². The second-order valence-corrected chi connectivity index (χ2v) is 6.37. The monoisotopic (exact) mass is 283 g/mol. The molecule has 112 valence electrons. The molecular weight excluding hydrogens is 258 g/mol. The van der Waals surface area contributed by atoms with Crippen LogP contribution in [-0.2, 0) is 6.54 Å². The molecule has 2 aromatic rings. The number of para-hydroxylation sites is 1. The lowest BCUT2D eigenvalue weighted by molar-refractivity contribution is 0.645. The highest BCUT2D eigenvalue weighted by Crippen LogP contribution is 2.35. The lowest BCUT2D eigenvalue weighted by Crippen LogP contribution is -2.33. The smallest absolute Gasteiger partial charge is 0.0726 e. The molecule has 21 heavy (non-hydrogen) atoms. The van der Waals surface area contributed by atoms with E-state index in [0.29, 0.717) is 6.04 Å². The van der Waals surface area contributed by atoms with Crippen LogP contribution in [0.3, 0.4) is 0 Å². The lowest BCUT2D eigenvalue weighted by Gasteiger charge is -2.30. The highest BCUT2D eigenvalue weighted by atomic mass is 15.2. The van der Waals surface area contributed by atoms with Crippen LogP contribution in [0.2, 0.25) is 0 Å². The van der Waals surface area contributed by atoms with E-state index in [-0.39, 0.29) is 0 Å². The molecule has 3 nitrogen and oxygen atoms in total. The molecule has 1 aliphatic carbocycles. The zero-order valence-electron chi connectivity index (χ0n) is 13.3. The number of anilines is 1. The number of nitrogens with zero attached hydrogens (tertiary/aromatic N) is 2. The number of fused-ring (bicyclic) bond motifs is 1. The molecule has 0 radical (unpaired) electrons. The van der Waals surface area contributed by atoms with Crippen molar-refractivity contribution in [2.75, 3.05) is 18.5 Å². The van der Waals surface area contributed by atoms with Gasteiger partial charge < -0.3 is 10.2 Å². The van der Waals surface area contributed by atoms with Gasteiger partial charge in [0.05, 0.1) is 11.2 Å². The van der Waals surface area contributed by atoms with Gasteiger partial charge in [0.1, 0.15) is 0 Å². The molecule has 0 atom stereocenters. The summed E-state index contributed by atoms with van der Waals surface area (Å²) in [5, 5.41) is 4.49. The van der Waals surface area contributed by atoms with E-state index in [0.717, 1.165) is 23.7 Å². The molecule has 0 amide bonds. The van der Waals surface area contributed by atoms with E-state index in [4.69, 9.17) is 4.98 Å². The number of aromatic nitrogens is 1. The van der Waals surface area contributed by atoms with Crippen molar-refractivity contribution in [1.82, 2.24) is 10.3 Å². The first-order valence-corrected chi connectivity index (χ1v) is 7.99. The molecule has 1 aromatic carbocycles. The maximum Gasteiger partial charge on any atom is 0.0726 e. The Hall–Kier alpha value is -1.61. The van der Waals surface area contributed by atoms with Crippen LogP contribution in [0.5, 0.6) is 0 Å². The molecule has 0 bridgehead atoms. The van der Waals surface area contributed by atoms with Gasteiger partial charge in [0, 0.05) is 30.2 Å². The summed E-state index contributed by atoms with van der Waals surface area (Å²) in [4.78, 5) is 7.33. The Morgan fingerprint density at radius 2 is 2.05 bits per heavy atom. The van der Waals surface area contributed by atoms with Gasteiger partial charge >= 0.3 is 0 Å². The number of hydrogen-bond donors (Lipinski definition) is 1. The van der Waals surface area contributed by atoms with Crippen molar-refractivity contribution < 1.29 is 0 Å². The van der Waals surface area contributed by atoms with Crippen molar-refractivity contribution in [3.63, 3.8) is 0 Å². The van der Waals surface area contributed by atoms with Crippen LogP contribution in [0, 0.1) is 5.92 Å². The summed E-state index contributed by atoms with van der Waals surface area (Å²) in [7, 11) is 1.97. The molecular formula is C18H25N3. The van der Waals surface area contributed by atoms with E-state index in [2.05, 4.69) is 54.4 Å². The first kappa shape index (κ1) is 14.3. The van der Waals surface area contributed by atoms with Gasteiger partial charge in [-0.3, -0.25) is 4.98 Å². The van der Waals surface area contributed by atoms with E-state index < -0.39 is 0 Å². The quantitative estimate of drug-likeness (QED) is 0.878. The number of hydrogen-bond acceptors (Lipinski definition) is 3. The Morgan fingerprint density at radius 3 is 2.71 bits per heavy atom. The van der Waals surface area contributed by atoms with Crippen LogP contribution in [0.4, 0.5) is 5.69 Å². The van der Waals surface area contributed by atoms with Crippen LogP contribution in [-0.4, -0.2) is 24.6 Å². The summed E-state index contributed by atoms with van der Waals surface area (Å²) < 4.78 is 0. The summed E-state index contributed by atoms with van der Waals surface area (Å²) in [6.45, 7) is 6.56. The molecule has 1 aliphatic rings. The molecule has 1 heterocycles. The molecule has 3 heteroatoms. The average molecular weight is 283 g/mol. The van der Waals surface area contributed by atoms with Gasteiger partial charge in [-0.25, -0.2) is 0 Å². The second-order valence-electron chi connectivity index (χ2n) is 6.37. The van der Waals surface area contributed by atoms with Crippen LogP contribution in [0.15, 0.2) is 30.3 Å². The minimum atomic E-state index is 0.513. The first-order valence-electron chi connectivity index (χ1n) is 7.99. The van der Waals surface area contributed by atoms with E-state index in [1.807, 2.05) is 7.05 Å². The average Bonchev–Trinajstić information content (AvgIpc) is 3.28. The van der Waals surface area contributed by atoms with Crippen LogP contribution in [0.1, 0.15) is 32.4 Å². The van der Waals surface area contributed by atoms with Crippen molar-refractivity contribution >= 4 is 16.6 Å². The molecule has 1 fully saturated rings. The molecule has 3 rings (SSSR count). The zero-order valence-corrected chi connectivity index (χ0v) is 13.3. The maximum absolute atomic E-state index is 4.77. The van der Waals surface area contributed by atoms with Gasteiger partial charge in [-0.05, 0) is 51.8 Å². The first-order chi connectivity index (χ1) is 10.2. The highest BCUT2D eigenvalue weighted by molar-refractivity contribution is 5.92. The fourth-order valence-corrected chi connectivity index (χ4v) is 2.89. The molecule has 1 aromatic heterocycles. The maximum atomic E-state index is 4.77. The number of pyridine rings is 1. The third-order valence-electron chi connectivity index (χ3n) is 4.19. The third-order valence-corrected chi connectivity index (χ3v) is 4.19.